The molecule has 136 valence electrons. The van der Waals surface area contributed by atoms with E-state index in [1.165, 1.54) is 11.8 Å². The Balaban J connectivity index is 1.89. The fourth-order valence-electron chi connectivity index (χ4n) is 3.59. The molecule has 0 radical (unpaired) electrons. The van der Waals surface area contributed by atoms with Crippen molar-refractivity contribution in [2.45, 2.75) is 32.8 Å². The highest BCUT2D eigenvalue weighted by atomic mass is 16.5. The van der Waals surface area contributed by atoms with Gasteiger partial charge in [-0.2, -0.15) is 0 Å². The molecule has 0 bridgehead atoms. The lowest BCUT2D eigenvalue weighted by molar-refractivity contribution is -0.141. The molecule has 0 saturated carbocycles. The number of hydrogen-bond donors (Lipinski definition) is 1. The molecule has 26 heavy (non-hydrogen) atoms. The van der Waals surface area contributed by atoms with Gasteiger partial charge in [-0.25, -0.2) is 0 Å². The second-order valence-electron chi connectivity index (χ2n) is 6.84. The number of nitrogens with zero attached hydrogens (tertiary/aromatic N) is 1. The fourth-order valence-corrected chi connectivity index (χ4v) is 3.59. The quantitative estimate of drug-likeness (QED) is 0.867. The molecule has 1 N–H and O–H groups in total. The van der Waals surface area contributed by atoms with Gasteiger partial charge in [-0.15, -0.1) is 0 Å². The Kier molecular flexibility index (Phi) is 4.83. The smallest absolute Gasteiger partial charge is 0.264 e. The Hall–Kier alpha value is -2.66. The van der Waals surface area contributed by atoms with Gasteiger partial charge in [0.2, 0.25) is 0 Å². The molecule has 3 rings (SSSR count). The Labute approximate surface area is 153 Å². The summed E-state index contributed by atoms with van der Waals surface area (Å²) in [4.78, 5) is 26.2. The highest BCUT2D eigenvalue weighted by Gasteiger charge is 2.50. The molecule has 0 aliphatic carbocycles. The van der Waals surface area contributed by atoms with Gasteiger partial charge in [0.15, 0.2) is 5.60 Å². The zero-order valence-corrected chi connectivity index (χ0v) is 15.3. The summed E-state index contributed by atoms with van der Waals surface area (Å²) in [5.74, 6) is 0.0281. The molecular weight excluding hydrogens is 330 g/mol. The van der Waals surface area contributed by atoms with Crippen LogP contribution in [0, 0.1) is 13.8 Å². The van der Waals surface area contributed by atoms with E-state index in [4.69, 9.17) is 4.74 Å². The third kappa shape index (κ3) is 3.22. The predicted octanol–water partition coefficient (Wildman–Crippen LogP) is 2.90. The van der Waals surface area contributed by atoms with Crippen LogP contribution in [0.3, 0.4) is 0 Å². The van der Waals surface area contributed by atoms with E-state index in [-0.39, 0.29) is 12.2 Å². The van der Waals surface area contributed by atoms with E-state index in [0.717, 1.165) is 16.9 Å². The number of aliphatic hydroxyl groups is 1. The van der Waals surface area contributed by atoms with Crippen LogP contribution in [0.5, 0.6) is 5.75 Å². The van der Waals surface area contributed by atoms with E-state index >= 15 is 0 Å². The summed E-state index contributed by atoms with van der Waals surface area (Å²) in [7, 11) is 0. The number of hydrogen-bond acceptors (Lipinski definition) is 4. The largest absolute Gasteiger partial charge is 0.492 e. The number of ether oxygens (including phenoxy) is 1. The van der Waals surface area contributed by atoms with Crippen molar-refractivity contribution in [3.05, 3.63) is 59.2 Å². The van der Waals surface area contributed by atoms with Crippen LogP contribution in [0.4, 0.5) is 5.69 Å². The van der Waals surface area contributed by atoms with Crippen molar-refractivity contribution in [1.29, 1.82) is 0 Å². The van der Waals surface area contributed by atoms with Gasteiger partial charge in [-0.05, 0) is 38.5 Å². The molecule has 0 fully saturated rings. The molecule has 1 amide bonds. The summed E-state index contributed by atoms with van der Waals surface area (Å²) < 4.78 is 5.70. The predicted molar refractivity (Wildman–Crippen MR) is 99.4 cm³/mol. The summed E-state index contributed by atoms with van der Waals surface area (Å²) in [6, 6.07) is 13.1. The molecule has 1 atom stereocenters. The van der Waals surface area contributed by atoms with Gasteiger partial charge in [0, 0.05) is 12.0 Å². The number of Topliss-reactive ketones (excluding diaryl/α,β-unsaturated/α-hetero) is 1. The second-order valence-corrected chi connectivity index (χ2v) is 6.84. The minimum Gasteiger partial charge on any atom is -0.492 e. The molecule has 1 aliphatic rings. The monoisotopic (exact) mass is 353 g/mol. The summed E-state index contributed by atoms with van der Waals surface area (Å²) in [5, 5.41) is 11.1. The zero-order chi connectivity index (χ0) is 18.9. The molecule has 1 unspecified atom stereocenters. The Morgan fingerprint density at radius 3 is 2.54 bits per heavy atom. The standard InChI is InChI=1S/C21H23NO4/c1-14-11-15(2)19-18(12-14)21(25,13-16(3)23)20(24)22(19)9-10-26-17-7-5-4-6-8-17/h4-8,11-12,25H,9-10,13H2,1-3H3. The molecule has 2 aromatic carbocycles. The highest BCUT2D eigenvalue weighted by molar-refractivity contribution is 6.09. The van der Waals surface area contributed by atoms with Gasteiger partial charge < -0.3 is 14.7 Å². The summed E-state index contributed by atoms with van der Waals surface area (Å²) in [6.45, 7) is 5.79. The minimum absolute atomic E-state index is 0.224. The van der Waals surface area contributed by atoms with Gasteiger partial charge in [0.25, 0.3) is 5.91 Å². The Bertz CT molecular complexity index is 847. The van der Waals surface area contributed by atoms with E-state index in [1.807, 2.05) is 50.2 Å². The van der Waals surface area contributed by atoms with E-state index in [9.17, 15) is 14.7 Å². The normalized spacial score (nSPS) is 18.8. The zero-order valence-electron chi connectivity index (χ0n) is 15.3. The van der Waals surface area contributed by atoms with Gasteiger partial charge in [0.05, 0.1) is 12.2 Å². The molecule has 0 saturated heterocycles. The Morgan fingerprint density at radius 1 is 1.19 bits per heavy atom. The van der Waals surface area contributed by atoms with Gasteiger partial charge >= 0.3 is 0 Å². The lowest BCUT2D eigenvalue weighted by atomic mass is 9.88. The number of rotatable bonds is 6. The lowest BCUT2D eigenvalue weighted by Gasteiger charge is -2.22. The van der Waals surface area contributed by atoms with E-state index in [1.54, 1.807) is 6.07 Å². The maximum Gasteiger partial charge on any atom is 0.264 e. The number of para-hydroxylation sites is 1. The van der Waals surface area contributed by atoms with Gasteiger partial charge in [-0.1, -0.05) is 35.9 Å². The number of carbonyl (C=O) groups excluding carboxylic acids is 2. The number of benzene rings is 2. The summed E-state index contributed by atoms with van der Waals surface area (Å²) in [5.41, 5.74) is 1.23. The van der Waals surface area contributed by atoms with Crippen LogP contribution in [-0.2, 0) is 15.2 Å². The number of fused-ring (bicyclic) bond motifs is 1. The van der Waals surface area contributed by atoms with Crippen molar-refractivity contribution in [2.75, 3.05) is 18.1 Å². The van der Waals surface area contributed by atoms with E-state index in [2.05, 4.69) is 0 Å². The maximum absolute atomic E-state index is 13.0. The van der Waals surface area contributed by atoms with E-state index in [0.29, 0.717) is 24.4 Å². The third-order valence-electron chi connectivity index (χ3n) is 4.59. The molecule has 1 aliphatic heterocycles. The Morgan fingerprint density at radius 2 is 1.88 bits per heavy atom. The van der Waals surface area contributed by atoms with Crippen molar-refractivity contribution in [2.24, 2.45) is 0 Å². The maximum atomic E-state index is 13.0. The molecule has 1 heterocycles. The third-order valence-corrected chi connectivity index (χ3v) is 4.59. The number of amides is 1. The van der Waals surface area contributed by atoms with Crippen LogP contribution >= 0.6 is 0 Å². The molecule has 5 nitrogen and oxygen atoms in total. The topological polar surface area (TPSA) is 66.8 Å². The molecular formula is C21H23NO4. The van der Waals surface area contributed by atoms with Crippen LogP contribution in [-0.4, -0.2) is 29.9 Å². The van der Waals surface area contributed by atoms with Crippen LogP contribution < -0.4 is 9.64 Å². The first-order chi connectivity index (χ1) is 12.3. The summed E-state index contributed by atoms with van der Waals surface area (Å²) >= 11 is 0. The average Bonchev–Trinajstić information content (AvgIpc) is 2.77. The van der Waals surface area contributed by atoms with Crippen LogP contribution in [0.15, 0.2) is 42.5 Å². The summed E-state index contributed by atoms with van der Waals surface area (Å²) in [6.07, 6.45) is -0.224. The molecule has 5 heteroatoms. The van der Waals surface area contributed by atoms with E-state index < -0.39 is 11.5 Å². The van der Waals surface area contributed by atoms with Crippen LogP contribution in [0.25, 0.3) is 0 Å². The van der Waals surface area contributed by atoms with Crippen molar-refractivity contribution < 1.29 is 19.4 Å². The number of ketones is 1. The highest BCUT2D eigenvalue weighted by Crippen LogP contribution is 2.44. The first-order valence-electron chi connectivity index (χ1n) is 8.66. The second kappa shape index (κ2) is 6.92. The van der Waals surface area contributed by atoms with Crippen molar-refractivity contribution in [1.82, 2.24) is 0 Å². The van der Waals surface area contributed by atoms with Crippen molar-refractivity contribution in [3.63, 3.8) is 0 Å². The number of anilines is 1. The van der Waals surface area contributed by atoms with Crippen molar-refractivity contribution in [3.8, 4) is 5.75 Å². The first-order valence-corrected chi connectivity index (χ1v) is 8.66. The first kappa shape index (κ1) is 18.1. The van der Waals surface area contributed by atoms with Crippen LogP contribution in [0.2, 0.25) is 0 Å². The number of carbonyl (C=O) groups is 2. The minimum atomic E-state index is -1.80. The molecule has 2 aromatic rings. The lowest BCUT2D eigenvalue weighted by Crippen LogP contribution is -2.43. The van der Waals surface area contributed by atoms with Gasteiger partial charge in [0.1, 0.15) is 18.1 Å². The van der Waals surface area contributed by atoms with Crippen LogP contribution in [0.1, 0.15) is 30.0 Å². The molecule has 0 spiro atoms. The van der Waals surface area contributed by atoms with Gasteiger partial charge in [-0.3, -0.25) is 9.59 Å². The average molecular weight is 353 g/mol. The SMILES string of the molecule is CC(=O)CC1(O)C(=O)N(CCOc2ccccc2)c2c(C)cc(C)cc21. The van der Waals surface area contributed by atoms with Crippen molar-refractivity contribution >= 4 is 17.4 Å². The molecule has 0 aromatic heterocycles. The fraction of sp³-hybridized carbons (Fsp3) is 0.333. The number of aryl methyl sites for hydroxylation is 2.